The number of hydrogen-bond donors (Lipinski definition) is 2. The third kappa shape index (κ3) is 3.50. The van der Waals surface area contributed by atoms with Gasteiger partial charge < -0.3 is 20.1 Å². The van der Waals surface area contributed by atoms with Crippen LogP contribution in [-0.2, 0) is 11.2 Å². The Morgan fingerprint density at radius 1 is 1.32 bits per heavy atom. The molecule has 2 heterocycles. The molecule has 0 unspecified atom stereocenters. The zero-order valence-corrected chi connectivity index (χ0v) is 14.6. The number of hydrogen-bond acceptors (Lipinski definition) is 4. The van der Waals surface area contributed by atoms with Gasteiger partial charge in [-0.1, -0.05) is 29.8 Å². The monoisotopic (exact) mass is 342 g/mol. The molecule has 25 heavy (non-hydrogen) atoms. The molecular weight excluding hydrogens is 320 g/mol. The van der Waals surface area contributed by atoms with Crippen LogP contribution in [0, 0.1) is 13.8 Å². The number of carbonyl (C=O) groups excluding carboxylic acids is 2. The van der Waals surface area contributed by atoms with Gasteiger partial charge in [0.1, 0.15) is 17.4 Å². The van der Waals surface area contributed by atoms with E-state index in [1.807, 2.05) is 38.1 Å². The van der Waals surface area contributed by atoms with Crippen LogP contribution in [0.15, 0.2) is 28.8 Å². The molecule has 1 saturated heterocycles. The highest BCUT2D eigenvalue weighted by atomic mass is 16.5. The molecule has 1 fully saturated rings. The van der Waals surface area contributed by atoms with Crippen molar-refractivity contribution in [1.29, 1.82) is 0 Å². The Balaban J connectivity index is 1.63. The normalized spacial score (nSPS) is 17.0. The van der Waals surface area contributed by atoms with Crippen LogP contribution >= 0.6 is 0 Å². The van der Waals surface area contributed by atoms with E-state index in [4.69, 9.17) is 4.52 Å². The van der Waals surface area contributed by atoms with Crippen molar-refractivity contribution in [1.82, 2.24) is 10.5 Å². The van der Waals surface area contributed by atoms with Gasteiger partial charge in [-0.25, -0.2) is 4.79 Å². The second-order valence-electron chi connectivity index (χ2n) is 6.18. The van der Waals surface area contributed by atoms with Crippen molar-refractivity contribution in [2.75, 3.05) is 16.8 Å². The Hall–Kier alpha value is -2.83. The summed E-state index contributed by atoms with van der Waals surface area (Å²) in [5.41, 5.74) is 3.18. The summed E-state index contributed by atoms with van der Waals surface area (Å²) < 4.78 is 5.15. The molecule has 0 spiro atoms. The molecule has 1 aromatic heterocycles. The number of carbonyl (C=O) groups is 2. The molecule has 1 aliphatic heterocycles. The molecule has 1 atom stereocenters. The highest BCUT2D eigenvalue weighted by Crippen LogP contribution is 2.23. The van der Waals surface area contributed by atoms with Crippen LogP contribution in [0.1, 0.15) is 30.4 Å². The fourth-order valence-corrected chi connectivity index (χ4v) is 2.92. The van der Waals surface area contributed by atoms with E-state index in [9.17, 15) is 9.59 Å². The van der Waals surface area contributed by atoms with E-state index in [1.54, 1.807) is 11.8 Å². The highest BCUT2D eigenvalue weighted by molar-refractivity contribution is 6.02. The van der Waals surface area contributed by atoms with Crippen LogP contribution < -0.4 is 15.5 Å². The van der Waals surface area contributed by atoms with Gasteiger partial charge in [-0.15, -0.1) is 0 Å². The van der Waals surface area contributed by atoms with Crippen LogP contribution in [0.2, 0.25) is 0 Å². The number of aromatic nitrogens is 1. The van der Waals surface area contributed by atoms with Crippen LogP contribution in [0.3, 0.4) is 0 Å². The van der Waals surface area contributed by atoms with Crippen molar-refractivity contribution in [3.05, 3.63) is 41.3 Å². The summed E-state index contributed by atoms with van der Waals surface area (Å²) in [5.74, 6) is 0.517. The molecule has 1 aromatic carbocycles. The fourth-order valence-electron chi connectivity index (χ4n) is 2.92. The molecule has 3 amide bonds. The van der Waals surface area contributed by atoms with Gasteiger partial charge in [-0.2, -0.15) is 0 Å². The third-order valence-electron chi connectivity index (χ3n) is 4.35. The lowest BCUT2D eigenvalue weighted by Crippen LogP contribution is -2.43. The average molecular weight is 342 g/mol. The van der Waals surface area contributed by atoms with Crippen molar-refractivity contribution in [3.63, 3.8) is 0 Å². The summed E-state index contributed by atoms with van der Waals surface area (Å²) in [6, 6.07) is 6.82. The molecule has 0 saturated carbocycles. The third-order valence-corrected chi connectivity index (χ3v) is 4.35. The van der Waals surface area contributed by atoms with Crippen LogP contribution in [0.4, 0.5) is 16.2 Å². The molecule has 7 nitrogen and oxygen atoms in total. The Morgan fingerprint density at radius 3 is 2.72 bits per heavy atom. The fraction of sp³-hybridized carbons (Fsp3) is 0.389. The predicted octanol–water partition coefficient (Wildman–Crippen LogP) is 2.78. The Labute approximate surface area is 146 Å². The first-order chi connectivity index (χ1) is 12.0. The number of aryl methyl sites for hydroxylation is 3. The molecular formula is C18H22N4O3. The maximum atomic E-state index is 12.6. The molecule has 132 valence electrons. The maximum Gasteiger partial charge on any atom is 0.320 e. The molecule has 2 N–H and O–H groups in total. The Kier molecular flexibility index (Phi) is 4.74. The number of nitrogens with one attached hydrogen (secondary N) is 2. The molecule has 3 rings (SSSR count). The lowest BCUT2D eigenvalue weighted by Gasteiger charge is -2.17. The SMILES string of the molecule is CCc1onc(C)c1NC(=O)N[C@H]1CCN(c2ccc(C)cc2)C1=O. The molecule has 0 radical (unpaired) electrons. The highest BCUT2D eigenvalue weighted by Gasteiger charge is 2.33. The van der Waals surface area contributed by atoms with Gasteiger partial charge in [-0.05, 0) is 32.4 Å². The van der Waals surface area contributed by atoms with E-state index in [0.717, 1.165) is 11.3 Å². The van der Waals surface area contributed by atoms with Crippen molar-refractivity contribution >= 4 is 23.3 Å². The summed E-state index contributed by atoms with van der Waals surface area (Å²) in [6.45, 7) is 6.27. The summed E-state index contributed by atoms with van der Waals surface area (Å²) in [5, 5.41) is 9.34. The van der Waals surface area contributed by atoms with E-state index in [1.165, 1.54) is 0 Å². The zero-order chi connectivity index (χ0) is 18.0. The molecule has 0 bridgehead atoms. The predicted molar refractivity (Wildman–Crippen MR) is 94.7 cm³/mol. The van der Waals surface area contributed by atoms with Crippen molar-refractivity contribution in [2.45, 2.75) is 39.7 Å². The van der Waals surface area contributed by atoms with Gasteiger partial charge in [0.15, 0.2) is 5.76 Å². The quantitative estimate of drug-likeness (QED) is 0.894. The van der Waals surface area contributed by atoms with E-state index in [0.29, 0.717) is 36.5 Å². The number of benzene rings is 1. The molecule has 2 aromatic rings. The first-order valence-corrected chi connectivity index (χ1v) is 8.40. The van der Waals surface area contributed by atoms with Crippen molar-refractivity contribution in [3.8, 4) is 0 Å². The van der Waals surface area contributed by atoms with Gasteiger partial charge in [0.05, 0.1) is 0 Å². The number of urea groups is 1. The Morgan fingerprint density at radius 2 is 2.04 bits per heavy atom. The second-order valence-corrected chi connectivity index (χ2v) is 6.18. The molecule has 7 heteroatoms. The number of rotatable bonds is 4. The topological polar surface area (TPSA) is 87.5 Å². The van der Waals surface area contributed by atoms with Crippen LogP contribution in [0.5, 0.6) is 0 Å². The first kappa shape index (κ1) is 17.0. The minimum atomic E-state index is -0.536. The number of amides is 3. The van der Waals surface area contributed by atoms with Gasteiger partial charge >= 0.3 is 6.03 Å². The van der Waals surface area contributed by atoms with Gasteiger partial charge in [0, 0.05) is 18.7 Å². The van der Waals surface area contributed by atoms with Gasteiger partial charge in [0.2, 0.25) is 5.91 Å². The smallest absolute Gasteiger partial charge is 0.320 e. The standard InChI is InChI=1S/C18H22N4O3/c1-4-15-16(12(3)21-25-15)20-18(24)19-14-9-10-22(17(14)23)13-7-5-11(2)6-8-13/h5-8,14H,4,9-10H2,1-3H3,(H2,19,20,24)/t14-/m0/s1. The van der Waals surface area contributed by atoms with E-state index < -0.39 is 12.1 Å². The summed E-state index contributed by atoms with van der Waals surface area (Å²) in [6.07, 6.45) is 1.20. The largest absolute Gasteiger partial charge is 0.359 e. The Bertz CT molecular complexity index is 782. The number of anilines is 2. The molecule has 1 aliphatic rings. The average Bonchev–Trinajstić information content (AvgIpc) is 3.12. The molecule has 0 aliphatic carbocycles. The van der Waals surface area contributed by atoms with Crippen molar-refractivity contribution < 1.29 is 14.1 Å². The lowest BCUT2D eigenvalue weighted by molar-refractivity contribution is -0.118. The van der Waals surface area contributed by atoms with Gasteiger partial charge in [0.25, 0.3) is 0 Å². The minimum absolute atomic E-state index is 0.100. The maximum absolute atomic E-state index is 12.6. The summed E-state index contributed by atoms with van der Waals surface area (Å²) in [7, 11) is 0. The second kappa shape index (κ2) is 6.96. The van der Waals surface area contributed by atoms with Crippen LogP contribution in [-0.4, -0.2) is 29.7 Å². The first-order valence-electron chi connectivity index (χ1n) is 8.40. The minimum Gasteiger partial charge on any atom is -0.359 e. The van der Waals surface area contributed by atoms with Crippen LogP contribution in [0.25, 0.3) is 0 Å². The summed E-state index contributed by atoms with van der Waals surface area (Å²) >= 11 is 0. The van der Waals surface area contributed by atoms with Gasteiger partial charge in [-0.3, -0.25) is 4.79 Å². The lowest BCUT2D eigenvalue weighted by atomic mass is 10.2. The van der Waals surface area contributed by atoms with E-state index in [-0.39, 0.29) is 5.91 Å². The summed E-state index contributed by atoms with van der Waals surface area (Å²) in [4.78, 5) is 26.5. The van der Waals surface area contributed by atoms with E-state index in [2.05, 4.69) is 15.8 Å². The zero-order valence-electron chi connectivity index (χ0n) is 14.6. The van der Waals surface area contributed by atoms with E-state index >= 15 is 0 Å². The van der Waals surface area contributed by atoms with Crippen molar-refractivity contribution in [2.24, 2.45) is 0 Å². The number of nitrogens with zero attached hydrogens (tertiary/aromatic N) is 2.